The minimum atomic E-state index is -0.182. The first-order valence-electron chi connectivity index (χ1n) is 4.49. The number of carbonyl (C=O) groups excluding carboxylic acids is 1. The zero-order valence-corrected chi connectivity index (χ0v) is 8.10. The molecule has 1 rings (SSSR count). The van der Waals surface area contributed by atoms with Gasteiger partial charge in [-0.2, -0.15) is 5.10 Å². The quantitative estimate of drug-likeness (QED) is 0.701. The van der Waals surface area contributed by atoms with Crippen molar-refractivity contribution in [3.05, 3.63) is 18.5 Å². The van der Waals surface area contributed by atoms with E-state index in [1.54, 1.807) is 23.1 Å². The Morgan fingerprint density at radius 2 is 2.57 bits per heavy atom. The fourth-order valence-electron chi connectivity index (χ4n) is 1.04. The van der Waals surface area contributed by atoms with Crippen LogP contribution in [0.2, 0.25) is 0 Å². The molecule has 1 heterocycles. The van der Waals surface area contributed by atoms with Crippen molar-refractivity contribution >= 4 is 5.91 Å². The highest BCUT2D eigenvalue weighted by molar-refractivity contribution is 5.76. The highest BCUT2D eigenvalue weighted by Gasteiger charge is 2.07. The molecule has 0 radical (unpaired) electrons. The molecule has 0 aromatic carbocycles. The van der Waals surface area contributed by atoms with E-state index in [9.17, 15) is 4.79 Å². The third-order valence-electron chi connectivity index (χ3n) is 1.81. The monoisotopic (exact) mass is 191 g/mol. The molecule has 1 unspecified atom stereocenters. The lowest BCUT2D eigenvalue weighted by Crippen LogP contribution is -2.35. The van der Waals surface area contributed by atoms with Crippen LogP contribution in [0.5, 0.6) is 0 Å². The van der Waals surface area contributed by atoms with E-state index in [0.29, 0.717) is 0 Å². The van der Waals surface area contributed by atoms with Crippen LogP contribution in [0, 0.1) is 12.3 Å². The number of rotatable bonds is 4. The van der Waals surface area contributed by atoms with Gasteiger partial charge in [0.1, 0.15) is 6.54 Å². The maximum absolute atomic E-state index is 11.4. The normalized spacial score (nSPS) is 11.7. The van der Waals surface area contributed by atoms with Crippen LogP contribution in [0.3, 0.4) is 0 Å². The number of terminal acetylenes is 1. The number of carbonyl (C=O) groups is 1. The summed E-state index contributed by atoms with van der Waals surface area (Å²) in [5, 5.41) is 6.64. The third kappa shape index (κ3) is 2.94. The minimum absolute atomic E-state index is 0.112. The number of nitrogens with one attached hydrogen (secondary N) is 1. The molecule has 4 heteroatoms. The van der Waals surface area contributed by atoms with Gasteiger partial charge < -0.3 is 5.32 Å². The fourth-order valence-corrected chi connectivity index (χ4v) is 1.04. The zero-order chi connectivity index (χ0) is 10.4. The molecule has 1 atom stereocenters. The van der Waals surface area contributed by atoms with Crippen LogP contribution in [-0.4, -0.2) is 21.7 Å². The van der Waals surface area contributed by atoms with Crippen molar-refractivity contribution in [2.75, 3.05) is 0 Å². The molecule has 14 heavy (non-hydrogen) atoms. The van der Waals surface area contributed by atoms with E-state index in [2.05, 4.69) is 16.3 Å². The molecular formula is C10H13N3O. The molecule has 1 N–H and O–H groups in total. The van der Waals surface area contributed by atoms with Crippen molar-refractivity contribution in [2.45, 2.75) is 25.9 Å². The van der Waals surface area contributed by atoms with Gasteiger partial charge in [0.25, 0.3) is 0 Å². The topological polar surface area (TPSA) is 46.9 Å². The van der Waals surface area contributed by atoms with Crippen molar-refractivity contribution in [3.8, 4) is 12.3 Å². The molecule has 0 saturated heterocycles. The number of aromatic nitrogens is 2. The van der Waals surface area contributed by atoms with Gasteiger partial charge in [-0.05, 0) is 12.5 Å². The van der Waals surface area contributed by atoms with Gasteiger partial charge in [-0.1, -0.05) is 12.8 Å². The zero-order valence-electron chi connectivity index (χ0n) is 8.10. The van der Waals surface area contributed by atoms with Crippen LogP contribution in [-0.2, 0) is 11.3 Å². The lowest BCUT2D eigenvalue weighted by Gasteiger charge is -2.10. The highest BCUT2D eigenvalue weighted by atomic mass is 16.2. The second-order valence-corrected chi connectivity index (χ2v) is 2.90. The predicted octanol–water partition coefficient (Wildman–Crippen LogP) is 0.411. The molecule has 0 fully saturated rings. The SMILES string of the molecule is C#CC(CC)NC(=O)Cn1cccn1. The summed E-state index contributed by atoms with van der Waals surface area (Å²) in [4.78, 5) is 11.4. The van der Waals surface area contributed by atoms with E-state index >= 15 is 0 Å². The summed E-state index contributed by atoms with van der Waals surface area (Å²) in [5.41, 5.74) is 0. The smallest absolute Gasteiger partial charge is 0.242 e. The highest BCUT2D eigenvalue weighted by Crippen LogP contribution is 1.89. The summed E-state index contributed by atoms with van der Waals surface area (Å²) in [6, 6.07) is 1.59. The second kappa shape index (κ2) is 5.07. The molecular weight excluding hydrogens is 178 g/mol. The van der Waals surface area contributed by atoms with Crippen LogP contribution >= 0.6 is 0 Å². The molecule has 0 aliphatic carbocycles. The molecule has 1 amide bonds. The molecule has 4 nitrogen and oxygen atoms in total. The van der Waals surface area contributed by atoms with Crippen molar-refractivity contribution in [2.24, 2.45) is 0 Å². The average molecular weight is 191 g/mol. The summed E-state index contributed by atoms with van der Waals surface area (Å²) in [6.07, 6.45) is 9.32. The van der Waals surface area contributed by atoms with Crippen LogP contribution in [0.1, 0.15) is 13.3 Å². The third-order valence-corrected chi connectivity index (χ3v) is 1.81. The van der Waals surface area contributed by atoms with Crippen molar-refractivity contribution < 1.29 is 4.79 Å². The summed E-state index contributed by atoms with van der Waals surface area (Å²) < 4.78 is 1.55. The van der Waals surface area contributed by atoms with E-state index in [1.165, 1.54) is 0 Å². The average Bonchev–Trinajstić information content (AvgIpc) is 2.66. The second-order valence-electron chi connectivity index (χ2n) is 2.90. The molecule has 0 saturated carbocycles. The van der Waals surface area contributed by atoms with Gasteiger partial charge >= 0.3 is 0 Å². The number of hydrogen-bond acceptors (Lipinski definition) is 2. The molecule has 1 aromatic rings. The van der Waals surface area contributed by atoms with Gasteiger partial charge in [0.15, 0.2) is 0 Å². The first-order valence-corrected chi connectivity index (χ1v) is 4.49. The Balaban J connectivity index is 2.40. The molecule has 0 spiro atoms. The van der Waals surface area contributed by atoms with Crippen LogP contribution < -0.4 is 5.32 Å². The van der Waals surface area contributed by atoms with Gasteiger partial charge in [-0.25, -0.2) is 0 Å². The Morgan fingerprint density at radius 3 is 3.07 bits per heavy atom. The van der Waals surface area contributed by atoms with Crippen LogP contribution in [0.4, 0.5) is 0 Å². The fraction of sp³-hybridized carbons (Fsp3) is 0.400. The number of hydrogen-bond donors (Lipinski definition) is 1. The molecule has 1 aromatic heterocycles. The van der Waals surface area contributed by atoms with Crippen LogP contribution in [0.25, 0.3) is 0 Å². The largest absolute Gasteiger partial charge is 0.341 e. The Labute approximate surface area is 83.3 Å². The van der Waals surface area contributed by atoms with Gasteiger partial charge in [0.2, 0.25) is 5.91 Å². The standard InChI is InChI=1S/C10H13N3O/c1-3-9(4-2)12-10(14)8-13-7-5-6-11-13/h1,5-7,9H,4,8H2,2H3,(H,12,14). The Bertz CT molecular complexity index is 324. The van der Waals surface area contributed by atoms with Gasteiger partial charge in [-0.15, -0.1) is 6.42 Å². The Hall–Kier alpha value is -1.76. The van der Waals surface area contributed by atoms with Gasteiger partial charge in [0, 0.05) is 12.4 Å². The van der Waals surface area contributed by atoms with E-state index in [-0.39, 0.29) is 18.5 Å². The Morgan fingerprint density at radius 1 is 1.79 bits per heavy atom. The molecule has 0 bridgehead atoms. The predicted molar refractivity (Wildman–Crippen MR) is 53.3 cm³/mol. The summed E-state index contributed by atoms with van der Waals surface area (Å²) in [7, 11) is 0. The number of nitrogens with zero attached hydrogens (tertiary/aromatic N) is 2. The van der Waals surface area contributed by atoms with Crippen molar-refractivity contribution in [3.63, 3.8) is 0 Å². The van der Waals surface area contributed by atoms with E-state index < -0.39 is 0 Å². The van der Waals surface area contributed by atoms with Crippen LogP contribution in [0.15, 0.2) is 18.5 Å². The van der Waals surface area contributed by atoms with Crippen molar-refractivity contribution in [1.29, 1.82) is 0 Å². The molecule has 74 valence electrons. The Kier molecular flexibility index (Phi) is 3.74. The summed E-state index contributed by atoms with van der Waals surface area (Å²) in [5.74, 6) is 2.39. The lowest BCUT2D eigenvalue weighted by molar-refractivity contribution is -0.122. The maximum atomic E-state index is 11.4. The van der Waals surface area contributed by atoms with E-state index in [4.69, 9.17) is 6.42 Å². The summed E-state index contributed by atoms with van der Waals surface area (Å²) >= 11 is 0. The number of amides is 1. The minimum Gasteiger partial charge on any atom is -0.341 e. The molecule has 0 aliphatic heterocycles. The summed E-state index contributed by atoms with van der Waals surface area (Å²) in [6.45, 7) is 2.14. The van der Waals surface area contributed by atoms with Crippen molar-refractivity contribution in [1.82, 2.24) is 15.1 Å². The molecule has 0 aliphatic rings. The first kappa shape index (κ1) is 10.3. The van der Waals surface area contributed by atoms with Gasteiger partial charge in [0.05, 0.1) is 6.04 Å². The van der Waals surface area contributed by atoms with Gasteiger partial charge in [-0.3, -0.25) is 9.48 Å². The van der Waals surface area contributed by atoms with E-state index in [1.807, 2.05) is 6.92 Å². The van der Waals surface area contributed by atoms with E-state index in [0.717, 1.165) is 6.42 Å². The maximum Gasteiger partial charge on any atom is 0.242 e. The first-order chi connectivity index (χ1) is 6.76. The lowest BCUT2D eigenvalue weighted by atomic mass is 10.2.